The Hall–Kier alpha value is -1.47. The molecule has 1 fully saturated rings. The van der Waals surface area contributed by atoms with E-state index in [4.69, 9.17) is 4.74 Å². The zero-order valence-electron chi connectivity index (χ0n) is 11.8. The molecule has 0 radical (unpaired) electrons. The summed E-state index contributed by atoms with van der Waals surface area (Å²) < 4.78 is 5.49. The third-order valence-corrected chi connectivity index (χ3v) is 3.87. The fraction of sp³-hybridized carbons (Fsp3) is 0.500. The van der Waals surface area contributed by atoms with Gasteiger partial charge in [0.1, 0.15) is 11.2 Å². The first kappa shape index (κ1) is 15.9. The Bertz CT molecular complexity index is 499. The van der Waals surface area contributed by atoms with Gasteiger partial charge in [0.2, 0.25) is 5.91 Å². The van der Waals surface area contributed by atoms with Gasteiger partial charge in [0.05, 0.1) is 5.56 Å². The number of hydrogen-bond acceptors (Lipinski definition) is 4. The zero-order valence-corrected chi connectivity index (χ0v) is 13.4. The number of nitrogens with zero attached hydrogens (tertiary/aromatic N) is 2. The van der Waals surface area contributed by atoms with Crippen LogP contribution in [0.2, 0.25) is 0 Å². The second-order valence-electron chi connectivity index (χ2n) is 4.94. The number of piperidine rings is 1. The van der Waals surface area contributed by atoms with E-state index in [2.05, 4.69) is 26.2 Å². The number of aromatic nitrogens is 1. The van der Waals surface area contributed by atoms with Gasteiger partial charge in [-0.25, -0.2) is 4.98 Å². The lowest BCUT2D eigenvalue weighted by Crippen LogP contribution is -2.47. The van der Waals surface area contributed by atoms with Gasteiger partial charge in [0.25, 0.3) is 5.91 Å². The lowest BCUT2D eigenvalue weighted by molar-refractivity contribution is -0.125. The minimum absolute atomic E-state index is 0.0170. The van der Waals surface area contributed by atoms with Gasteiger partial charge in [-0.1, -0.05) is 0 Å². The number of nitrogens with one attached hydrogen (secondary N) is 1. The van der Waals surface area contributed by atoms with Gasteiger partial charge in [-0.3, -0.25) is 9.59 Å². The predicted octanol–water partition coefficient (Wildman–Crippen LogP) is 1.21. The molecule has 1 N–H and O–H groups in total. The maximum Gasteiger partial charge on any atom is 0.255 e. The van der Waals surface area contributed by atoms with Gasteiger partial charge in [-0.15, -0.1) is 0 Å². The fourth-order valence-electron chi connectivity index (χ4n) is 2.31. The van der Waals surface area contributed by atoms with Gasteiger partial charge < -0.3 is 15.0 Å². The average molecular weight is 356 g/mol. The number of halogens is 1. The lowest BCUT2D eigenvalue weighted by Gasteiger charge is -2.32. The molecule has 2 amide bonds. The Kier molecular flexibility index (Phi) is 5.69. The third-order valence-electron chi connectivity index (χ3n) is 3.40. The first-order valence-electron chi connectivity index (χ1n) is 6.79. The van der Waals surface area contributed by atoms with Gasteiger partial charge in [-0.05, 0) is 40.9 Å². The topological polar surface area (TPSA) is 71.5 Å². The number of rotatable bonds is 4. The van der Waals surface area contributed by atoms with E-state index >= 15 is 0 Å². The summed E-state index contributed by atoms with van der Waals surface area (Å²) in [6, 6.07) is 3.62. The Balaban J connectivity index is 1.84. The quantitative estimate of drug-likeness (QED) is 0.824. The van der Waals surface area contributed by atoms with Crippen LogP contribution in [0.25, 0.3) is 0 Å². The molecule has 114 valence electrons. The van der Waals surface area contributed by atoms with Crippen molar-refractivity contribution in [3.8, 4) is 0 Å². The summed E-state index contributed by atoms with van der Waals surface area (Å²) in [5.41, 5.74) is 0.583. The molecule has 1 aliphatic rings. The maximum atomic E-state index is 12.3. The average Bonchev–Trinajstić information content (AvgIpc) is 2.48. The van der Waals surface area contributed by atoms with Crippen LogP contribution in [0.3, 0.4) is 0 Å². The summed E-state index contributed by atoms with van der Waals surface area (Å²) >= 11 is 3.25. The Morgan fingerprint density at radius 1 is 1.43 bits per heavy atom. The molecule has 6 nitrogen and oxygen atoms in total. The Morgan fingerprint density at radius 3 is 2.71 bits per heavy atom. The maximum absolute atomic E-state index is 12.3. The smallest absolute Gasteiger partial charge is 0.255 e. The largest absolute Gasteiger partial charge is 0.375 e. The van der Waals surface area contributed by atoms with Gasteiger partial charge in [0, 0.05) is 32.4 Å². The number of pyridine rings is 1. The van der Waals surface area contributed by atoms with Gasteiger partial charge in [-0.2, -0.15) is 0 Å². The summed E-state index contributed by atoms with van der Waals surface area (Å²) in [5, 5.41) is 2.91. The minimum Gasteiger partial charge on any atom is -0.375 e. The molecule has 21 heavy (non-hydrogen) atoms. The van der Waals surface area contributed by atoms with Crippen LogP contribution in [-0.2, 0) is 9.53 Å². The van der Waals surface area contributed by atoms with Crippen LogP contribution in [0.4, 0.5) is 0 Å². The molecule has 2 heterocycles. The standard InChI is InChI=1S/C14H18BrN3O3/c1-21-9-13(19)17-11-4-6-18(7-5-11)14(20)10-2-3-12(15)16-8-10/h2-3,8,11H,4-7,9H2,1H3,(H,17,19). The molecule has 0 spiro atoms. The number of carbonyl (C=O) groups is 2. The van der Waals surface area contributed by atoms with E-state index in [1.54, 1.807) is 23.2 Å². The van der Waals surface area contributed by atoms with Crippen LogP contribution in [0, 0.1) is 0 Å². The van der Waals surface area contributed by atoms with E-state index in [-0.39, 0.29) is 24.5 Å². The monoisotopic (exact) mass is 355 g/mol. The van der Waals surface area contributed by atoms with Crippen LogP contribution in [0.5, 0.6) is 0 Å². The molecule has 1 aliphatic heterocycles. The highest BCUT2D eigenvalue weighted by Gasteiger charge is 2.24. The predicted molar refractivity (Wildman–Crippen MR) is 80.9 cm³/mol. The normalized spacial score (nSPS) is 15.8. The van der Waals surface area contributed by atoms with Gasteiger partial charge >= 0.3 is 0 Å². The molecule has 7 heteroatoms. The molecule has 0 unspecified atom stereocenters. The molecule has 1 saturated heterocycles. The van der Waals surface area contributed by atoms with Crippen LogP contribution >= 0.6 is 15.9 Å². The van der Waals surface area contributed by atoms with Crippen molar-refractivity contribution in [2.75, 3.05) is 26.8 Å². The third kappa shape index (κ3) is 4.50. The number of carbonyl (C=O) groups excluding carboxylic acids is 2. The van der Waals surface area contributed by atoms with Crippen molar-refractivity contribution in [1.29, 1.82) is 0 Å². The lowest BCUT2D eigenvalue weighted by atomic mass is 10.0. The summed E-state index contributed by atoms with van der Waals surface area (Å²) in [5.74, 6) is -0.129. The highest BCUT2D eigenvalue weighted by molar-refractivity contribution is 9.10. The van der Waals surface area contributed by atoms with Crippen LogP contribution < -0.4 is 5.32 Å². The minimum atomic E-state index is -0.112. The van der Waals surface area contributed by atoms with Crippen LogP contribution in [0.1, 0.15) is 23.2 Å². The van der Waals surface area contributed by atoms with E-state index in [1.807, 2.05) is 0 Å². The Labute approximate surface area is 132 Å². The summed E-state index contributed by atoms with van der Waals surface area (Å²) in [4.78, 5) is 29.6. The van der Waals surface area contributed by atoms with Crippen LogP contribution in [-0.4, -0.2) is 54.5 Å². The number of amides is 2. The molecule has 0 aliphatic carbocycles. The Morgan fingerprint density at radius 2 is 2.14 bits per heavy atom. The molecule has 1 aromatic rings. The molecule has 0 bridgehead atoms. The van der Waals surface area contributed by atoms with Crippen molar-refractivity contribution >= 4 is 27.7 Å². The van der Waals surface area contributed by atoms with E-state index in [9.17, 15) is 9.59 Å². The highest BCUT2D eigenvalue weighted by atomic mass is 79.9. The first-order chi connectivity index (χ1) is 10.1. The van der Waals surface area contributed by atoms with Crippen LogP contribution in [0.15, 0.2) is 22.9 Å². The summed E-state index contributed by atoms with van der Waals surface area (Å²) in [6.07, 6.45) is 3.08. The SMILES string of the molecule is COCC(=O)NC1CCN(C(=O)c2ccc(Br)nc2)CC1. The van der Waals surface area contributed by atoms with Crippen molar-refractivity contribution in [2.45, 2.75) is 18.9 Å². The molecular weight excluding hydrogens is 338 g/mol. The second-order valence-corrected chi connectivity index (χ2v) is 5.75. The van der Waals surface area contributed by atoms with Crippen molar-refractivity contribution < 1.29 is 14.3 Å². The molecule has 0 atom stereocenters. The summed E-state index contributed by atoms with van der Waals surface area (Å²) in [7, 11) is 1.49. The molecule has 0 saturated carbocycles. The zero-order chi connectivity index (χ0) is 15.2. The number of likely N-dealkylation sites (tertiary alicyclic amines) is 1. The number of hydrogen-bond donors (Lipinski definition) is 1. The van der Waals surface area contributed by atoms with E-state index < -0.39 is 0 Å². The van der Waals surface area contributed by atoms with E-state index in [0.29, 0.717) is 23.3 Å². The second kappa shape index (κ2) is 7.51. The summed E-state index contributed by atoms with van der Waals surface area (Å²) in [6.45, 7) is 1.34. The van der Waals surface area contributed by atoms with Crippen molar-refractivity contribution in [2.24, 2.45) is 0 Å². The van der Waals surface area contributed by atoms with Gasteiger partial charge in [0.15, 0.2) is 0 Å². The molecular formula is C14H18BrN3O3. The van der Waals surface area contributed by atoms with E-state index in [1.165, 1.54) is 7.11 Å². The first-order valence-corrected chi connectivity index (χ1v) is 7.58. The number of methoxy groups -OCH3 is 1. The molecule has 1 aromatic heterocycles. The van der Waals surface area contributed by atoms with Crippen molar-refractivity contribution in [3.05, 3.63) is 28.5 Å². The molecule has 2 rings (SSSR count). The molecule has 0 aromatic carbocycles. The fourth-order valence-corrected chi connectivity index (χ4v) is 2.55. The highest BCUT2D eigenvalue weighted by Crippen LogP contribution is 2.15. The number of ether oxygens (including phenoxy) is 1. The van der Waals surface area contributed by atoms with Crippen molar-refractivity contribution in [3.63, 3.8) is 0 Å². The van der Waals surface area contributed by atoms with E-state index in [0.717, 1.165) is 12.8 Å². The van der Waals surface area contributed by atoms with Crippen molar-refractivity contribution in [1.82, 2.24) is 15.2 Å².